The standard InChI is InChI=1S/C24H23FN6O.C2H6.H2/c1-15-5-3-8-20(27-15)24(32)28-19-12-21(17-6-4-7-18(25)11-17)30(14-19)23-10-9-22-26-13-16(2)31(22)29-23;1-2;/h3-11,13,19,21H,12,14H2,1-2H3,(H,28,32);1-2H3;1H/t19?,21-;;/m1../s1. The predicted octanol–water partition coefficient (Wildman–Crippen LogP) is 4.90. The van der Waals surface area contributed by atoms with Gasteiger partial charge in [0.15, 0.2) is 5.65 Å². The SMILES string of the molecule is CC.Cc1cccc(C(=O)NC2C[C@H](c3cccc(F)c3)N(c3ccc4ncc(C)n4n3)C2)n1.[HH]. The Balaban J connectivity index is 0.00000111. The van der Waals surface area contributed by atoms with Crippen LogP contribution in [0.3, 0.4) is 0 Å². The number of carbonyl (C=O) groups is 1. The van der Waals surface area contributed by atoms with Gasteiger partial charge >= 0.3 is 0 Å². The van der Waals surface area contributed by atoms with Crippen LogP contribution in [-0.2, 0) is 0 Å². The number of hydrogen-bond acceptors (Lipinski definition) is 5. The van der Waals surface area contributed by atoms with Crippen LogP contribution in [0.4, 0.5) is 10.2 Å². The van der Waals surface area contributed by atoms with Crippen molar-refractivity contribution in [3.8, 4) is 0 Å². The number of aryl methyl sites for hydroxylation is 2. The van der Waals surface area contributed by atoms with Gasteiger partial charge < -0.3 is 10.2 Å². The fourth-order valence-electron chi connectivity index (χ4n) is 4.28. The third-order valence-corrected chi connectivity index (χ3v) is 5.80. The number of carbonyl (C=O) groups excluding carboxylic acids is 1. The molecule has 34 heavy (non-hydrogen) atoms. The van der Waals surface area contributed by atoms with E-state index in [0.29, 0.717) is 18.7 Å². The number of nitrogens with zero attached hydrogens (tertiary/aromatic N) is 5. The summed E-state index contributed by atoms with van der Waals surface area (Å²) < 4.78 is 15.8. The van der Waals surface area contributed by atoms with E-state index < -0.39 is 0 Å². The van der Waals surface area contributed by atoms with Crippen molar-refractivity contribution in [3.05, 3.63) is 89.3 Å². The van der Waals surface area contributed by atoms with Crippen molar-refractivity contribution in [3.63, 3.8) is 0 Å². The molecular formula is C26H31FN6O. The van der Waals surface area contributed by atoms with Gasteiger partial charge in [-0.2, -0.15) is 0 Å². The fraction of sp³-hybridized carbons (Fsp3) is 0.308. The fourth-order valence-corrected chi connectivity index (χ4v) is 4.28. The lowest BCUT2D eigenvalue weighted by Gasteiger charge is -2.26. The van der Waals surface area contributed by atoms with Gasteiger partial charge in [0, 0.05) is 19.7 Å². The molecule has 178 valence electrons. The number of benzene rings is 1. The Kier molecular flexibility index (Phi) is 6.86. The molecule has 4 aromatic rings. The van der Waals surface area contributed by atoms with Gasteiger partial charge in [0.1, 0.15) is 17.3 Å². The van der Waals surface area contributed by atoms with E-state index in [2.05, 4.69) is 20.2 Å². The smallest absolute Gasteiger partial charge is 0.270 e. The second-order valence-electron chi connectivity index (χ2n) is 8.15. The molecule has 0 bridgehead atoms. The number of hydrogen-bond donors (Lipinski definition) is 1. The first-order valence-corrected chi connectivity index (χ1v) is 11.6. The van der Waals surface area contributed by atoms with Gasteiger partial charge in [-0.05, 0) is 62.2 Å². The molecule has 2 atom stereocenters. The van der Waals surface area contributed by atoms with Crippen LogP contribution < -0.4 is 10.2 Å². The third-order valence-electron chi connectivity index (χ3n) is 5.80. The summed E-state index contributed by atoms with van der Waals surface area (Å²) in [6.45, 7) is 8.35. The first-order chi connectivity index (χ1) is 16.5. The number of rotatable bonds is 4. The minimum Gasteiger partial charge on any atom is -0.346 e. The highest BCUT2D eigenvalue weighted by atomic mass is 19.1. The molecule has 4 heterocycles. The van der Waals surface area contributed by atoms with Crippen LogP contribution in [0.2, 0.25) is 0 Å². The second kappa shape index (κ2) is 9.99. The van der Waals surface area contributed by atoms with Crippen LogP contribution >= 0.6 is 0 Å². The van der Waals surface area contributed by atoms with Gasteiger partial charge in [-0.15, -0.1) is 5.10 Å². The zero-order valence-corrected chi connectivity index (χ0v) is 19.9. The van der Waals surface area contributed by atoms with E-state index in [1.54, 1.807) is 28.9 Å². The number of nitrogens with one attached hydrogen (secondary N) is 1. The Morgan fingerprint density at radius 3 is 2.68 bits per heavy atom. The Bertz CT molecular complexity index is 1310. The van der Waals surface area contributed by atoms with E-state index in [1.807, 2.05) is 58.0 Å². The van der Waals surface area contributed by atoms with Gasteiger partial charge in [0.2, 0.25) is 0 Å². The van der Waals surface area contributed by atoms with Crippen molar-refractivity contribution in [2.75, 3.05) is 11.4 Å². The van der Waals surface area contributed by atoms with E-state index in [-0.39, 0.29) is 25.2 Å². The molecule has 5 rings (SSSR count). The number of fused-ring (bicyclic) bond motifs is 1. The summed E-state index contributed by atoms with van der Waals surface area (Å²) in [5.74, 6) is 0.249. The normalized spacial score (nSPS) is 17.4. The number of pyridine rings is 1. The quantitative estimate of drug-likeness (QED) is 0.467. The molecule has 1 fully saturated rings. The van der Waals surface area contributed by atoms with Gasteiger partial charge in [-0.1, -0.05) is 32.0 Å². The second-order valence-corrected chi connectivity index (χ2v) is 8.15. The van der Waals surface area contributed by atoms with Crippen molar-refractivity contribution in [2.24, 2.45) is 0 Å². The summed E-state index contributed by atoms with van der Waals surface area (Å²) in [7, 11) is 0. The Labute approximate surface area is 200 Å². The van der Waals surface area contributed by atoms with E-state index in [9.17, 15) is 9.18 Å². The number of amides is 1. The van der Waals surface area contributed by atoms with Gasteiger partial charge in [0.25, 0.3) is 5.91 Å². The number of halogens is 1. The van der Waals surface area contributed by atoms with Gasteiger partial charge in [0.05, 0.1) is 17.9 Å². The molecule has 7 nitrogen and oxygen atoms in total. The maximum Gasteiger partial charge on any atom is 0.270 e. The molecule has 3 aromatic heterocycles. The molecule has 1 aliphatic heterocycles. The summed E-state index contributed by atoms with van der Waals surface area (Å²) in [6.07, 6.45) is 2.40. The maximum atomic E-state index is 14.0. The van der Waals surface area contributed by atoms with E-state index in [4.69, 9.17) is 5.10 Å². The summed E-state index contributed by atoms with van der Waals surface area (Å²) >= 11 is 0. The van der Waals surface area contributed by atoms with Crippen LogP contribution in [0.5, 0.6) is 0 Å². The molecule has 1 N–H and O–H groups in total. The van der Waals surface area contributed by atoms with Crippen molar-refractivity contribution < 1.29 is 10.6 Å². The molecule has 1 unspecified atom stereocenters. The van der Waals surface area contributed by atoms with Gasteiger partial charge in [-0.3, -0.25) is 4.79 Å². The highest BCUT2D eigenvalue weighted by Crippen LogP contribution is 2.36. The highest BCUT2D eigenvalue weighted by molar-refractivity contribution is 5.92. The van der Waals surface area contributed by atoms with E-state index in [1.165, 1.54) is 6.07 Å². The molecular weight excluding hydrogens is 431 g/mol. The van der Waals surface area contributed by atoms with Crippen molar-refractivity contribution in [1.82, 2.24) is 24.9 Å². The van der Waals surface area contributed by atoms with Crippen molar-refractivity contribution in [1.29, 1.82) is 0 Å². The monoisotopic (exact) mass is 462 g/mol. The average Bonchev–Trinajstić information content (AvgIpc) is 3.44. The molecule has 1 amide bonds. The molecule has 8 heteroatoms. The van der Waals surface area contributed by atoms with Gasteiger partial charge in [-0.25, -0.2) is 18.9 Å². The summed E-state index contributed by atoms with van der Waals surface area (Å²) in [5.41, 5.74) is 3.72. The summed E-state index contributed by atoms with van der Waals surface area (Å²) in [4.78, 5) is 23.6. The largest absolute Gasteiger partial charge is 0.346 e. The minimum absolute atomic E-state index is 0. The molecule has 1 aromatic carbocycles. The van der Waals surface area contributed by atoms with Crippen LogP contribution in [-0.4, -0.2) is 38.1 Å². The summed E-state index contributed by atoms with van der Waals surface area (Å²) in [5, 5.41) is 7.86. The molecule has 0 radical (unpaired) electrons. The average molecular weight is 463 g/mol. The van der Waals surface area contributed by atoms with Crippen molar-refractivity contribution in [2.45, 2.75) is 46.2 Å². The predicted molar refractivity (Wildman–Crippen MR) is 133 cm³/mol. The molecule has 1 saturated heterocycles. The Morgan fingerprint density at radius 2 is 1.91 bits per heavy atom. The van der Waals surface area contributed by atoms with Crippen LogP contribution in [0.1, 0.15) is 55.2 Å². The minimum atomic E-state index is -0.284. The van der Waals surface area contributed by atoms with Crippen LogP contribution in [0.15, 0.2) is 60.8 Å². The zero-order valence-electron chi connectivity index (χ0n) is 19.9. The van der Waals surface area contributed by atoms with Crippen LogP contribution in [0, 0.1) is 19.7 Å². The molecule has 1 aliphatic rings. The molecule has 0 saturated carbocycles. The van der Waals surface area contributed by atoms with E-state index in [0.717, 1.165) is 28.4 Å². The van der Waals surface area contributed by atoms with Crippen molar-refractivity contribution >= 4 is 17.4 Å². The first kappa shape index (κ1) is 23.4. The Morgan fingerprint density at radius 1 is 1.12 bits per heavy atom. The molecule has 0 spiro atoms. The topological polar surface area (TPSA) is 75.4 Å². The highest BCUT2D eigenvalue weighted by Gasteiger charge is 2.35. The number of anilines is 1. The lowest BCUT2D eigenvalue weighted by atomic mass is 10.0. The first-order valence-electron chi connectivity index (χ1n) is 11.6. The zero-order chi connectivity index (χ0) is 24.2. The lowest BCUT2D eigenvalue weighted by Crippen LogP contribution is -2.37. The molecule has 0 aliphatic carbocycles. The maximum absolute atomic E-state index is 14.0. The number of imidazole rings is 1. The third kappa shape index (κ3) is 4.76. The number of aromatic nitrogens is 4. The Hall–Kier alpha value is -3.81. The van der Waals surface area contributed by atoms with Crippen LogP contribution in [0.25, 0.3) is 5.65 Å². The summed E-state index contributed by atoms with van der Waals surface area (Å²) in [6, 6.07) is 15.5. The lowest BCUT2D eigenvalue weighted by molar-refractivity contribution is 0.0934. The van der Waals surface area contributed by atoms with E-state index >= 15 is 0 Å².